The molecule has 1 heterocycles. The van der Waals surface area contributed by atoms with Gasteiger partial charge in [0.05, 0.1) is 11.9 Å². The first-order valence-electron chi connectivity index (χ1n) is 5.19. The Hall–Kier alpha value is -0.470. The minimum Gasteiger partial charge on any atom is -0.479 e. The molecule has 0 bridgehead atoms. The molecule has 1 rings (SSSR count). The average molecular weight is 284 g/mol. The predicted molar refractivity (Wildman–Crippen MR) is 63.1 cm³/mol. The number of rotatable bonds is 6. The van der Waals surface area contributed by atoms with E-state index >= 15 is 0 Å². The van der Waals surface area contributed by atoms with Gasteiger partial charge in [-0.05, 0) is 12.8 Å². The molecule has 1 aliphatic heterocycles. The summed E-state index contributed by atoms with van der Waals surface area (Å²) in [4.78, 5) is 10.6. The van der Waals surface area contributed by atoms with Gasteiger partial charge in [0.2, 0.25) is 0 Å². The summed E-state index contributed by atoms with van der Waals surface area (Å²) in [5.41, 5.74) is 0. The van der Waals surface area contributed by atoms with E-state index < -0.39 is 32.7 Å². The Morgan fingerprint density at radius 1 is 1.47 bits per heavy atom. The van der Waals surface area contributed by atoms with E-state index in [9.17, 15) is 17.4 Å². The van der Waals surface area contributed by atoms with Crippen LogP contribution in [-0.4, -0.2) is 59.4 Å². The van der Waals surface area contributed by atoms with Crippen molar-refractivity contribution >= 4 is 26.6 Å². The van der Waals surface area contributed by atoms with Crippen LogP contribution in [0.15, 0.2) is 0 Å². The fourth-order valence-electron chi connectivity index (χ4n) is 1.54. The fraction of sp³-hybridized carbons (Fsp3) is 0.889. The Balaban J connectivity index is 2.31. The molecule has 0 saturated carbocycles. The molecule has 3 atom stereocenters. The lowest BCUT2D eigenvalue weighted by Gasteiger charge is -2.10. The number of carboxylic acid groups (broad SMARTS) is 1. The molecule has 0 spiro atoms. The first kappa shape index (κ1) is 14.6. The van der Waals surface area contributed by atoms with Crippen LogP contribution >= 0.6 is 0 Å². The minimum atomic E-state index is -3.10. The lowest BCUT2D eigenvalue weighted by Crippen LogP contribution is -2.25. The van der Waals surface area contributed by atoms with Gasteiger partial charge in [0.1, 0.15) is 9.84 Å². The lowest BCUT2D eigenvalue weighted by molar-refractivity contribution is -0.148. The molecule has 0 aromatic rings. The first-order chi connectivity index (χ1) is 7.78. The van der Waals surface area contributed by atoms with Gasteiger partial charge in [-0.25, -0.2) is 13.2 Å². The number of hydrogen-bond donors (Lipinski definition) is 1. The summed E-state index contributed by atoms with van der Waals surface area (Å²) >= 11 is 0. The zero-order chi connectivity index (χ0) is 13.1. The molecule has 0 radical (unpaired) electrons. The fourth-order valence-corrected chi connectivity index (χ4v) is 4.33. The Morgan fingerprint density at radius 3 is 2.59 bits per heavy atom. The molecule has 3 unspecified atom stereocenters. The van der Waals surface area contributed by atoms with Gasteiger partial charge in [0, 0.05) is 28.6 Å². The monoisotopic (exact) mass is 284 g/mol. The Bertz CT molecular complexity index is 402. The van der Waals surface area contributed by atoms with Gasteiger partial charge in [-0.15, -0.1) is 0 Å². The van der Waals surface area contributed by atoms with Crippen LogP contribution in [0.3, 0.4) is 0 Å². The van der Waals surface area contributed by atoms with Crippen LogP contribution in [0.1, 0.15) is 12.8 Å². The normalized spacial score (nSPS) is 26.9. The predicted octanol–water partition coefficient (Wildman–Crippen LogP) is -0.588. The van der Waals surface area contributed by atoms with Crippen LogP contribution in [0.25, 0.3) is 0 Å². The van der Waals surface area contributed by atoms with Crippen LogP contribution in [0.5, 0.6) is 0 Å². The van der Waals surface area contributed by atoms with Crippen molar-refractivity contribution < 1.29 is 27.3 Å². The quantitative estimate of drug-likeness (QED) is 0.700. The van der Waals surface area contributed by atoms with Crippen LogP contribution in [0.4, 0.5) is 0 Å². The molecule has 1 N–H and O–H groups in total. The number of ether oxygens (including phenoxy) is 1. The maximum atomic E-state index is 11.5. The zero-order valence-corrected chi connectivity index (χ0v) is 11.1. The molecule has 6 nitrogen and oxygen atoms in total. The van der Waals surface area contributed by atoms with Crippen molar-refractivity contribution in [1.82, 2.24) is 0 Å². The summed E-state index contributed by atoms with van der Waals surface area (Å²) in [5, 5.41) is 8.70. The van der Waals surface area contributed by atoms with Crippen LogP contribution < -0.4 is 0 Å². The third kappa shape index (κ3) is 5.60. The molecule has 0 aliphatic carbocycles. The summed E-state index contributed by atoms with van der Waals surface area (Å²) in [6.07, 6.45) is 0.921. The lowest BCUT2D eigenvalue weighted by atomic mass is 10.2. The standard InChI is InChI=1S/C9H16O6S2/c1-17(13,14)5-4-16(12)6-7-2-3-8(15-7)9(10)11/h7-8H,2-6H2,1H3,(H,10,11). The minimum absolute atomic E-state index is 0.0798. The van der Waals surface area contributed by atoms with E-state index in [1.807, 2.05) is 0 Å². The van der Waals surface area contributed by atoms with E-state index in [0.717, 1.165) is 6.26 Å². The molecule has 100 valence electrons. The Kier molecular flexibility index (Phi) is 5.08. The van der Waals surface area contributed by atoms with Crippen LogP contribution in [0, 0.1) is 0 Å². The molecule has 1 saturated heterocycles. The van der Waals surface area contributed by atoms with Crippen molar-refractivity contribution in [1.29, 1.82) is 0 Å². The molecule has 17 heavy (non-hydrogen) atoms. The van der Waals surface area contributed by atoms with E-state index in [-0.39, 0.29) is 23.4 Å². The summed E-state index contributed by atoms with van der Waals surface area (Å²) in [5.74, 6) is -0.834. The van der Waals surface area contributed by atoms with Gasteiger partial charge in [0.25, 0.3) is 0 Å². The van der Waals surface area contributed by atoms with Gasteiger partial charge >= 0.3 is 5.97 Å². The second kappa shape index (κ2) is 5.92. The second-order valence-electron chi connectivity index (χ2n) is 4.10. The third-order valence-electron chi connectivity index (χ3n) is 2.44. The van der Waals surface area contributed by atoms with Crippen molar-refractivity contribution in [2.45, 2.75) is 25.0 Å². The van der Waals surface area contributed by atoms with E-state index in [4.69, 9.17) is 9.84 Å². The Labute approximate surface area is 103 Å². The number of sulfone groups is 1. The number of hydrogen-bond acceptors (Lipinski definition) is 5. The highest BCUT2D eigenvalue weighted by molar-refractivity contribution is 7.92. The van der Waals surface area contributed by atoms with Crippen molar-refractivity contribution in [3.05, 3.63) is 0 Å². The van der Waals surface area contributed by atoms with E-state index in [1.165, 1.54) is 0 Å². The van der Waals surface area contributed by atoms with Gasteiger partial charge in [-0.3, -0.25) is 4.21 Å². The van der Waals surface area contributed by atoms with Crippen molar-refractivity contribution in [3.63, 3.8) is 0 Å². The summed E-state index contributed by atoms with van der Waals surface area (Å²) in [6, 6.07) is 0. The van der Waals surface area contributed by atoms with Crippen molar-refractivity contribution in [2.24, 2.45) is 0 Å². The van der Waals surface area contributed by atoms with Crippen LogP contribution in [-0.2, 0) is 30.2 Å². The number of aliphatic carboxylic acids is 1. The smallest absolute Gasteiger partial charge is 0.332 e. The molecule has 0 aromatic heterocycles. The largest absolute Gasteiger partial charge is 0.479 e. The van der Waals surface area contributed by atoms with Crippen molar-refractivity contribution in [3.8, 4) is 0 Å². The second-order valence-corrected chi connectivity index (χ2v) is 7.98. The summed E-state index contributed by atoms with van der Waals surface area (Å²) in [6.45, 7) is 0. The third-order valence-corrected chi connectivity index (χ3v) is 5.04. The van der Waals surface area contributed by atoms with Crippen LogP contribution in [0.2, 0.25) is 0 Å². The first-order valence-corrected chi connectivity index (χ1v) is 8.74. The SMILES string of the molecule is CS(=O)(=O)CCS(=O)CC1CCC(C(=O)O)O1. The molecule has 0 amide bonds. The molecular weight excluding hydrogens is 268 g/mol. The number of carboxylic acids is 1. The average Bonchev–Trinajstić information content (AvgIpc) is 2.62. The molecule has 8 heteroatoms. The summed E-state index contributed by atoms with van der Waals surface area (Å²) in [7, 11) is -4.39. The van der Waals surface area contributed by atoms with E-state index in [2.05, 4.69) is 0 Å². The molecule has 1 fully saturated rings. The highest BCUT2D eigenvalue weighted by atomic mass is 32.2. The van der Waals surface area contributed by atoms with E-state index in [0.29, 0.717) is 12.8 Å². The molecule has 1 aliphatic rings. The van der Waals surface area contributed by atoms with Gasteiger partial charge in [0.15, 0.2) is 6.10 Å². The van der Waals surface area contributed by atoms with E-state index in [1.54, 1.807) is 0 Å². The number of carbonyl (C=O) groups is 1. The molecule has 0 aromatic carbocycles. The Morgan fingerprint density at radius 2 is 2.12 bits per heavy atom. The topological polar surface area (TPSA) is 97.7 Å². The van der Waals surface area contributed by atoms with Crippen molar-refractivity contribution in [2.75, 3.05) is 23.5 Å². The van der Waals surface area contributed by atoms with Gasteiger partial charge in [-0.2, -0.15) is 0 Å². The van der Waals surface area contributed by atoms with Gasteiger partial charge < -0.3 is 9.84 Å². The van der Waals surface area contributed by atoms with Gasteiger partial charge in [-0.1, -0.05) is 0 Å². The summed E-state index contributed by atoms with van der Waals surface area (Å²) < 4.78 is 38.5. The zero-order valence-electron chi connectivity index (χ0n) is 9.50. The highest BCUT2D eigenvalue weighted by Gasteiger charge is 2.31. The maximum absolute atomic E-state index is 11.5. The highest BCUT2D eigenvalue weighted by Crippen LogP contribution is 2.20. The molecular formula is C9H16O6S2. The maximum Gasteiger partial charge on any atom is 0.332 e.